The van der Waals surface area contributed by atoms with Crippen molar-refractivity contribution >= 4 is 11.8 Å². The molecule has 0 heterocycles. The summed E-state index contributed by atoms with van der Waals surface area (Å²) in [5.41, 5.74) is -0.0614. The van der Waals surface area contributed by atoms with Crippen LogP contribution >= 0.6 is 0 Å². The first-order valence-corrected chi connectivity index (χ1v) is 7.34. The van der Waals surface area contributed by atoms with Crippen LogP contribution in [0.3, 0.4) is 0 Å². The van der Waals surface area contributed by atoms with Crippen LogP contribution in [0.15, 0.2) is 30.3 Å². The lowest BCUT2D eigenvalue weighted by Gasteiger charge is -2.29. The fraction of sp³-hybridized carbons (Fsp3) is 0.471. The van der Waals surface area contributed by atoms with E-state index in [1.54, 1.807) is 0 Å². The van der Waals surface area contributed by atoms with E-state index in [2.05, 4.69) is 0 Å². The minimum atomic E-state index is -1.02. The number of nitriles is 1. The Morgan fingerprint density at radius 2 is 2.14 bits per heavy atom. The predicted molar refractivity (Wildman–Crippen MR) is 78.6 cm³/mol. The van der Waals surface area contributed by atoms with Crippen molar-refractivity contribution in [3.05, 3.63) is 35.9 Å². The molecule has 116 valence electrons. The molecular formula is C17H19NO4. The van der Waals surface area contributed by atoms with E-state index in [1.807, 2.05) is 36.4 Å². The molecule has 1 aliphatic rings. The second-order valence-electron chi connectivity index (χ2n) is 5.48. The van der Waals surface area contributed by atoms with Crippen LogP contribution in [0.5, 0.6) is 0 Å². The van der Waals surface area contributed by atoms with Gasteiger partial charge in [0.05, 0.1) is 6.61 Å². The Balaban J connectivity index is 2.09. The van der Waals surface area contributed by atoms with Gasteiger partial charge in [0.2, 0.25) is 0 Å². The van der Waals surface area contributed by atoms with Crippen LogP contribution in [0.25, 0.3) is 0 Å². The highest BCUT2D eigenvalue weighted by atomic mass is 16.5. The van der Waals surface area contributed by atoms with Gasteiger partial charge >= 0.3 is 5.97 Å². The Labute approximate surface area is 129 Å². The number of ketones is 1. The molecular weight excluding hydrogens is 282 g/mol. The first kappa shape index (κ1) is 16.2. The predicted octanol–water partition coefficient (Wildman–Crippen LogP) is 2.54. The van der Waals surface area contributed by atoms with Crippen molar-refractivity contribution in [1.82, 2.24) is 0 Å². The molecule has 2 rings (SSSR count). The van der Waals surface area contributed by atoms with Gasteiger partial charge in [0.25, 0.3) is 0 Å². The van der Waals surface area contributed by atoms with Gasteiger partial charge in [-0.2, -0.15) is 5.26 Å². The van der Waals surface area contributed by atoms with Crippen molar-refractivity contribution in [2.75, 3.05) is 0 Å². The summed E-state index contributed by atoms with van der Waals surface area (Å²) in [7, 11) is 0. The molecule has 1 aromatic carbocycles. The van der Waals surface area contributed by atoms with Gasteiger partial charge < -0.3 is 9.47 Å². The van der Waals surface area contributed by atoms with Gasteiger partial charge in [0.1, 0.15) is 11.7 Å². The maximum absolute atomic E-state index is 12.3. The van der Waals surface area contributed by atoms with Gasteiger partial charge in [-0.15, -0.1) is 0 Å². The minimum absolute atomic E-state index is 0.0177. The normalized spacial score (nSPS) is 22.1. The Bertz CT molecular complexity index is 578. The summed E-state index contributed by atoms with van der Waals surface area (Å²) < 4.78 is 10.9. The molecule has 2 atom stereocenters. The fourth-order valence-corrected chi connectivity index (χ4v) is 2.74. The zero-order chi connectivity index (χ0) is 16.0. The summed E-state index contributed by atoms with van der Waals surface area (Å²) in [6.45, 7) is 1.54. The molecule has 0 aromatic heterocycles. The highest BCUT2D eigenvalue weighted by molar-refractivity contribution is 5.89. The molecule has 0 radical (unpaired) electrons. The lowest BCUT2D eigenvalue weighted by molar-refractivity contribution is -0.155. The molecule has 5 heteroatoms. The highest BCUT2D eigenvalue weighted by Crippen LogP contribution is 2.35. The second kappa shape index (κ2) is 7.19. The van der Waals surface area contributed by atoms with Crippen molar-refractivity contribution in [2.45, 2.75) is 50.9 Å². The molecule has 5 nitrogen and oxygen atoms in total. The zero-order valence-corrected chi connectivity index (χ0v) is 12.6. The molecule has 1 fully saturated rings. The Hall–Kier alpha value is -2.19. The van der Waals surface area contributed by atoms with Crippen LogP contribution in [0.2, 0.25) is 0 Å². The van der Waals surface area contributed by atoms with Crippen molar-refractivity contribution in [3.63, 3.8) is 0 Å². The molecule has 1 unspecified atom stereocenters. The van der Waals surface area contributed by atoms with E-state index in [0.29, 0.717) is 19.4 Å². The second-order valence-corrected chi connectivity index (χ2v) is 5.48. The fourth-order valence-electron chi connectivity index (χ4n) is 2.74. The number of carbonyl (C=O) groups is 2. The summed E-state index contributed by atoms with van der Waals surface area (Å²) in [6.07, 6.45) is 0.849. The van der Waals surface area contributed by atoms with Crippen molar-refractivity contribution in [1.29, 1.82) is 5.26 Å². The van der Waals surface area contributed by atoms with Gasteiger partial charge in [0.15, 0.2) is 11.9 Å². The minimum Gasteiger partial charge on any atom is -0.447 e. The van der Waals surface area contributed by atoms with E-state index < -0.39 is 17.7 Å². The van der Waals surface area contributed by atoms with Crippen molar-refractivity contribution in [3.8, 4) is 6.07 Å². The van der Waals surface area contributed by atoms with E-state index in [1.165, 1.54) is 6.92 Å². The van der Waals surface area contributed by atoms with Gasteiger partial charge in [-0.3, -0.25) is 9.59 Å². The van der Waals surface area contributed by atoms with Crippen LogP contribution in [0.4, 0.5) is 0 Å². The zero-order valence-electron chi connectivity index (χ0n) is 12.6. The maximum Gasteiger partial charge on any atom is 0.303 e. The van der Waals surface area contributed by atoms with Gasteiger partial charge in [-0.25, -0.2) is 0 Å². The molecule has 1 aromatic rings. The third-order valence-corrected chi connectivity index (χ3v) is 3.82. The third-order valence-electron chi connectivity index (χ3n) is 3.82. The monoisotopic (exact) mass is 301 g/mol. The van der Waals surface area contributed by atoms with Gasteiger partial charge in [0, 0.05) is 19.8 Å². The van der Waals surface area contributed by atoms with E-state index >= 15 is 0 Å². The number of ether oxygens (including phenoxy) is 2. The van der Waals surface area contributed by atoms with Gasteiger partial charge in [-0.1, -0.05) is 30.3 Å². The standard InChI is InChI=1S/C17H19NO4/c1-13(19)22-15(11-18)10-17(9-5-8-16(17)20)21-12-14-6-3-2-4-7-14/h2-4,6-7,15H,5,8-10,12H2,1H3/t15?,17-/m1/s1. The van der Waals surface area contributed by atoms with E-state index in [-0.39, 0.29) is 12.2 Å². The Morgan fingerprint density at radius 3 is 2.68 bits per heavy atom. The average molecular weight is 301 g/mol. The summed E-state index contributed by atoms with van der Waals surface area (Å²) in [6, 6.07) is 11.5. The molecule has 1 aliphatic carbocycles. The third kappa shape index (κ3) is 3.92. The first-order valence-electron chi connectivity index (χ1n) is 7.34. The average Bonchev–Trinajstić information content (AvgIpc) is 2.86. The molecule has 0 N–H and O–H groups in total. The molecule has 22 heavy (non-hydrogen) atoms. The number of hydrogen-bond acceptors (Lipinski definition) is 5. The van der Waals surface area contributed by atoms with Crippen LogP contribution in [-0.4, -0.2) is 23.5 Å². The first-order chi connectivity index (χ1) is 10.6. The molecule has 0 bridgehead atoms. The smallest absolute Gasteiger partial charge is 0.303 e. The maximum atomic E-state index is 12.3. The van der Waals surface area contributed by atoms with E-state index in [0.717, 1.165) is 12.0 Å². The number of nitrogens with zero attached hydrogens (tertiary/aromatic N) is 1. The highest BCUT2D eigenvalue weighted by Gasteiger charge is 2.45. The molecule has 0 spiro atoms. The molecule has 0 saturated heterocycles. The largest absolute Gasteiger partial charge is 0.447 e. The number of hydrogen-bond donors (Lipinski definition) is 0. The van der Waals surface area contributed by atoms with Crippen LogP contribution < -0.4 is 0 Å². The number of rotatable bonds is 6. The number of Topliss-reactive ketones (excluding diaryl/α,β-unsaturated/α-hetero) is 1. The van der Waals surface area contributed by atoms with Crippen molar-refractivity contribution < 1.29 is 19.1 Å². The van der Waals surface area contributed by atoms with E-state index in [4.69, 9.17) is 14.7 Å². The van der Waals surface area contributed by atoms with Crippen LogP contribution in [0.1, 0.15) is 38.2 Å². The Kier molecular flexibility index (Phi) is 5.29. The van der Waals surface area contributed by atoms with E-state index in [9.17, 15) is 9.59 Å². The van der Waals surface area contributed by atoms with Crippen LogP contribution in [-0.2, 0) is 25.7 Å². The van der Waals surface area contributed by atoms with Crippen LogP contribution in [0, 0.1) is 11.3 Å². The number of esters is 1. The SMILES string of the molecule is CC(=O)OC(C#N)C[C@]1(OCc2ccccc2)CCCC1=O. The summed E-state index contributed by atoms with van der Waals surface area (Å²) in [5.74, 6) is -0.550. The molecule has 1 saturated carbocycles. The summed E-state index contributed by atoms with van der Waals surface area (Å²) >= 11 is 0. The summed E-state index contributed by atoms with van der Waals surface area (Å²) in [4.78, 5) is 23.3. The lowest BCUT2D eigenvalue weighted by Crippen LogP contribution is -2.41. The topological polar surface area (TPSA) is 76.4 Å². The number of carbonyl (C=O) groups excluding carboxylic acids is 2. The molecule has 0 amide bonds. The lowest BCUT2D eigenvalue weighted by atomic mass is 9.93. The quantitative estimate of drug-likeness (QED) is 0.755. The van der Waals surface area contributed by atoms with Gasteiger partial charge in [-0.05, 0) is 18.4 Å². The Morgan fingerprint density at radius 1 is 1.41 bits per heavy atom. The molecule has 0 aliphatic heterocycles. The van der Waals surface area contributed by atoms with Crippen molar-refractivity contribution in [2.24, 2.45) is 0 Å². The summed E-state index contributed by atoms with van der Waals surface area (Å²) in [5, 5.41) is 9.13. The number of benzene rings is 1.